The fourth-order valence-corrected chi connectivity index (χ4v) is 3.55. The third-order valence-electron chi connectivity index (χ3n) is 5.18. The van der Waals surface area contributed by atoms with Crippen molar-refractivity contribution in [3.8, 4) is 0 Å². The first-order chi connectivity index (χ1) is 11.0. The molecule has 0 aromatic rings. The smallest absolute Gasteiger partial charge is 0.239 e. The maximum Gasteiger partial charge on any atom is 0.239 e. The van der Waals surface area contributed by atoms with Gasteiger partial charge in [-0.05, 0) is 31.6 Å². The predicted molar refractivity (Wildman–Crippen MR) is 90.8 cm³/mol. The van der Waals surface area contributed by atoms with Crippen LogP contribution in [0.3, 0.4) is 0 Å². The third-order valence-corrected chi connectivity index (χ3v) is 5.18. The molecule has 2 rings (SSSR count). The highest BCUT2D eigenvalue weighted by molar-refractivity contribution is 5.87. The van der Waals surface area contributed by atoms with Gasteiger partial charge in [-0.15, -0.1) is 0 Å². The minimum absolute atomic E-state index is 0.0160. The molecule has 2 amide bonds. The van der Waals surface area contributed by atoms with E-state index in [0.29, 0.717) is 0 Å². The number of amides is 2. The van der Waals surface area contributed by atoms with Crippen LogP contribution in [0.15, 0.2) is 0 Å². The number of hydrogen-bond acceptors (Lipinski definition) is 4. The van der Waals surface area contributed by atoms with Crippen LogP contribution in [0.2, 0.25) is 0 Å². The molecule has 6 nitrogen and oxygen atoms in total. The zero-order valence-electron chi connectivity index (χ0n) is 14.5. The maximum absolute atomic E-state index is 12.0. The van der Waals surface area contributed by atoms with E-state index in [-0.39, 0.29) is 30.3 Å². The molecule has 2 fully saturated rings. The predicted octanol–water partition coefficient (Wildman–Crippen LogP) is 0.609. The standard InChI is InChI=1S/C17H32N4O2/c1-12(2)16(18)17(23)19-11-15(22)20-13-7-9-21(10-8-13)14-5-3-4-6-14/h12-14,16H,3-11,18H2,1-2H3,(H,19,23)(H,20,22)/t16-/m0/s1. The van der Waals surface area contributed by atoms with E-state index in [1.165, 1.54) is 25.7 Å². The van der Waals surface area contributed by atoms with E-state index in [4.69, 9.17) is 5.73 Å². The average molecular weight is 324 g/mol. The monoisotopic (exact) mass is 324 g/mol. The van der Waals surface area contributed by atoms with Crippen molar-refractivity contribution in [1.29, 1.82) is 0 Å². The van der Waals surface area contributed by atoms with Gasteiger partial charge in [0.2, 0.25) is 11.8 Å². The fraction of sp³-hybridized carbons (Fsp3) is 0.882. The summed E-state index contributed by atoms with van der Waals surface area (Å²) in [5.41, 5.74) is 5.76. The number of piperidine rings is 1. The molecule has 1 heterocycles. The van der Waals surface area contributed by atoms with Crippen molar-refractivity contribution in [2.24, 2.45) is 11.7 Å². The number of nitrogens with one attached hydrogen (secondary N) is 2. The number of nitrogens with two attached hydrogens (primary N) is 1. The first-order valence-electron chi connectivity index (χ1n) is 9.04. The Bertz CT molecular complexity index is 399. The van der Waals surface area contributed by atoms with Gasteiger partial charge in [0.25, 0.3) is 0 Å². The van der Waals surface area contributed by atoms with Gasteiger partial charge in [-0.1, -0.05) is 26.7 Å². The first kappa shape index (κ1) is 18.2. The molecular formula is C17H32N4O2. The summed E-state index contributed by atoms with van der Waals surface area (Å²) in [6.07, 6.45) is 7.39. The molecule has 1 atom stereocenters. The van der Waals surface area contributed by atoms with Gasteiger partial charge in [0.05, 0.1) is 12.6 Å². The Labute approximate surface area is 139 Å². The van der Waals surface area contributed by atoms with Gasteiger partial charge in [-0.2, -0.15) is 0 Å². The van der Waals surface area contributed by atoms with E-state index in [1.54, 1.807) is 0 Å². The van der Waals surface area contributed by atoms with Crippen LogP contribution in [0.25, 0.3) is 0 Å². The number of carbonyl (C=O) groups excluding carboxylic acids is 2. The lowest BCUT2D eigenvalue weighted by atomic mass is 10.0. The third kappa shape index (κ3) is 5.46. The van der Waals surface area contributed by atoms with E-state index in [0.717, 1.165) is 32.0 Å². The number of nitrogens with zero attached hydrogens (tertiary/aromatic N) is 1. The van der Waals surface area contributed by atoms with Crippen molar-refractivity contribution in [2.45, 2.75) is 70.5 Å². The quantitative estimate of drug-likeness (QED) is 0.668. The van der Waals surface area contributed by atoms with Gasteiger partial charge < -0.3 is 21.3 Å². The second kappa shape index (κ2) is 8.64. The highest BCUT2D eigenvalue weighted by atomic mass is 16.2. The van der Waals surface area contributed by atoms with Gasteiger partial charge in [-0.3, -0.25) is 9.59 Å². The van der Waals surface area contributed by atoms with Crippen LogP contribution in [-0.2, 0) is 9.59 Å². The number of likely N-dealkylation sites (tertiary alicyclic amines) is 1. The molecule has 0 radical (unpaired) electrons. The van der Waals surface area contributed by atoms with Gasteiger partial charge >= 0.3 is 0 Å². The van der Waals surface area contributed by atoms with E-state index in [1.807, 2.05) is 13.8 Å². The van der Waals surface area contributed by atoms with Crippen LogP contribution in [0.5, 0.6) is 0 Å². The number of carbonyl (C=O) groups is 2. The SMILES string of the molecule is CC(C)[C@H](N)C(=O)NCC(=O)NC1CCN(C2CCCC2)CC1. The summed E-state index contributed by atoms with van der Waals surface area (Å²) in [5, 5.41) is 5.65. The summed E-state index contributed by atoms with van der Waals surface area (Å²) < 4.78 is 0. The second-order valence-corrected chi connectivity index (χ2v) is 7.30. The Morgan fingerprint density at radius 1 is 1.13 bits per heavy atom. The Balaban J connectivity index is 1.63. The molecule has 0 aromatic heterocycles. The Morgan fingerprint density at radius 2 is 1.74 bits per heavy atom. The number of rotatable bonds is 6. The van der Waals surface area contributed by atoms with Crippen LogP contribution in [-0.4, -0.2) is 54.5 Å². The lowest BCUT2D eigenvalue weighted by Gasteiger charge is -2.36. The highest BCUT2D eigenvalue weighted by Crippen LogP contribution is 2.26. The lowest BCUT2D eigenvalue weighted by molar-refractivity contribution is -0.127. The maximum atomic E-state index is 12.0. The average Bonchev–Trinajstić information content (AvgIpc) is 3.07. The Hall–Kier alpha value is -1.14. The molecule has 1 aliphatic carbocycles. The normalized spacial score (nSPS) is 22.3. The minimum Gasteiger partial charge on any atom is -0.352 e. The van der Waals surface area contributed by atoms with E-state index < -0.39 is 6.04 Å². The summed E-state index contributed by atoms with van der Waals surface area (Å²) in [6.45, 7) is 5.94. The largest absolute Gasteiger partial charge is 0.352 e. The Kier molecular flexibility index (Phi) is 6.84. The van der Waals surface area contributed by atoms with Crippen molar-refractivity contribution in [1.82, 2.24) is 15.5 Å². The van der Waals surface area contributed by atoms with Crippen molar-refractivity contribution in [2.75, 3.05) is 19.6 Å². The molecule has 0 bridgehead atoms. The minimum atomic E-state index is -0.558. The molecule has 1 saturated heterocycles. The molecule has 1 aliphatic heterocycles. The second-order valence-electron chi connectivity index (χ2n) is 7.30. The first-order valence-corrected chi connectivity index (χ1v) is 9.04. The van der Waals surface area contributed by atoms with Gasteiger partial charge in [0.15, 0.2) is 0 Å². The molecular weight excluding hydrogens is 292 g/mol. The zero-order valence-corrected chi connectivity index (χ0v) is 14.5. The number of hydrogen-bond donors (Lipinski definition) is 3. The highest BCUT2D eigenvalue weighted by Gasteiger charge is 2.27. The van der Waals surface area contributed by atoms with Crippen LogP contribution < -0.4 is 16.4 Å². The van der Waals surface area contributed by atoms with Crippen molar-refractivity contribution in [3.05, 3.63) is 0 Å². The molecule has 4 N–H and O–H groups in total. The van der Waals surface area contributed by atoms with Crippen LogP contribution >= 0.6 is 0 Å². The zero-order chi connectivity index (χ0) is 16.8. The van der Waals surface area contributed by atoms with Gasteiger partial charge in [-0.25, -0.2) is 0 Å². The summed E-state index contributed by atoms with van der Waals surface area (Å²) in [7, 11) is 0. The fourth-order valence-electron chi connectivity index (χ4n) is 3.55. The Morgan fingerprint density at radius 3 is 2.30 bits per heavy atom. The van der Waals surface area contributed by atoms with Crippen LogP contribution in [0, 0.1) is 5.92 Å². The van der Waals surface area contributed by atoms with E-state index >= 15 is 0 Å². The lowest BCUT2D eigenvalue weighted by Crippen LogP contribution is -2.51. The molecule has 0 spiro atoms. The summed E-state index contributed by atoms with van der Waals surface area (Å²) >= 11 is 0. The molecule has 0 aromatic carbocycles. The molecule has 23 heavy (non-hydrogen) atoms. The summed E-state index contributed by atoms with van der Waals surface area (Å²) in [4.78, 5) is 26.3. The molecule has 132 valence electrons. The van der Waals surface area contributed by atoms with E-state index in [2.05, 4.69) is 15.5 Å². The van der Waals surface area contributed by atoms with Gasteiger partial charge in [0.1, 0.15) is 0 Å². The van der Waals surface area contributed by atoms with Crippen molar-refractivity contribution < 1.29 is 9.59 Å². The van der Waals surface area contributed by atoms with Crippen molar-refractivity contribution >= 4 is 11.8 Å². The van der Waals surface area contributed by atoms with Crippen LogP contribution in [0.1, 0.15) is 52.4 Å². The van der Waals surface area contributed by atoms with Crippen molar-refractivity contribution in [3.63, 3.8) is 0 Å². The van der Waals surface area contributed by atoms with Gasteiger partial charge in [0, 0.05) is 25.2 Å². The topological polar surface area (TPSA) is 87.5 Å². The van der Waals surface area contributed by atoms with Crippen LogP contribution in [0.4, 0.5) is 0 Å². The molecule has 0 unspecified atom stereocenters. The summed E-state index contributed by atoms with van der Waals surface area (Å²) in [5.74, 6) is -0.308. The van der Waals surface area contributed by atoms with E-state index in [9.17, 15) is 9.59 Å². The molecule has 6 heteroatoms. The molecule has 2 aliphatic rings. The molecule has 1 saturated carbocycles. The summed E-state index contributed by atoms with van der Waals surface area (Å²) in [6, 6.07) is 0.441.